The van der Waals surface area contributed by atoms with Crippen LogP contribution in [-0.2, 0) is 23.9 Å². The van der Waals surface area contributed by atoms with E-state index in [4.69, 9.17) is 30.2 Å². The molecule has 3 fully saturated rings. The summed E-state index contributed by atoms with van der Waals surface area (Å²) in [5.74, 6) is 0.582. The average molecular weight is 1510 g/mol. The number of anilines is 9. The Bertz CT molecular complexity index is 5080. The number of carboxylic acids is 1. The molecule has 0 saturated heterocycles. The molecule has 8 N–H and O–H groups in total. The summed E-state index contributed by atoms with van der Waals surface area (Å²) in [6, 6.07) is 38.1. The van der Waals surface area contributed by atoms with Crippen molar-refractivity contribution in [3.8, 4) is 17.1 Å². The number of aliphatic carboxylic acids is 1. The maximum Gasteiger partial charge on any atom is 0.325 e. The molecule has 3 aliphatic carbocycles. The normalized spacial score (nSPS) is 17.3. The van der Waals surface area contributed by atoms with Crippen LogP contribution in [0.1, 0.15) is 91.9 Å². The first kappa shape index (κ1) is 79.9. The van der Waals surface area contributed by atoms with Crippen molar-refractivity contribution in [1.82, 2.24) is 69.9 Å². The topological polar surface area (TPSA) is 317 Å². The highest BCUT2D eigenvalue weighted by atomic mass is 19.1. The van der Waals surface area contributed by atoms with Crippen LogP contribution in [0.3, 0.4) is 0 Å². The van der Waals surface area contributed by atoms with Crippen molar-refractivity contribution < 1.29 is 42.1 Å². The number of benzene rings is 3. The summed E-state index contributed by atoms with van der Waals surface area (Å²) in [5, 5.41) is 40.2. The Morgan fingerprint density at radius 1 is 0.459 bits per heavy atom. The lowest BCUT2D eigenvalue weighted by Crippen LogP contribution is -2.44. The van der Waals surface area contributed by atoms with Crippen LogP contribution in [0.25, 0.3) is 49.8 Å². The second kappa shape index (κ2) is 37.3. The Morgan fingerprint density at radius 3 is 1.05 bits per heavy atom. The number of rotatable bonds is 23. The van der Waals surface area contributed by atoms with Crippen molar-refractivity contribution in [2.24, 2.45) is 5.73 Å². The number of carbonyl (C=O) groups excluding carboxylic acids is 2. The summed E-state index contributed by atoms with van der Waals surface area (Å²) < 4.78 is 59.1. The van der Waals surface area contributed by atoms with Gasteiger partial charge < -0.3 is 61.6 Å². The second-order valence-electron chi connectivity index (χ2n) is 27.1. The zero-order chi connectivity index (χ0) is 75.9. The first-order valence-corrected chi connectivity index (χ1v) is 36.3. The molecular formula is C81H94F3N21O6. The molecule has 15 rings (SSSR count). The second-order valence-corrected chi connectivity index (χ2v) is 27.1. The third kappa shape index (κ3) is 20.0. The van der Waals surface area contributed by atoms with Crippen LogP contribution < -0.4 is 47.0 Å². The predicted octanol–water partition coefficient (Wildman–Crippen LogP) is 13.5. The van der Waals surface area contributed by atoms with Crippen molar-refractivity contribution in [3.05, 3.63) is 201 Å². The van der Waals surface area contributed by atoms with Crippen molar-refractivity contribution in [3.63, 3.8) is 0 Å². The largest absolute Gasteiger partial charge is 0.480 e. The fraction of sp³-hybridized carbons (Fsp3) is 0.333. The fourth-order valence-corrected chi connectivity index (χ4v) is 14.1. The van der Waals surface area contributed by atoms with Crippen LogP contribution in [0.2, 0.25) is 0 Å². The van der Waals surface area contributed by atoms with Crippen LogP contribution >= 0.6 is 0 Å². The van der Waals surface area contributed by atoms with Gasteiger partial charge in [0.05, 0.1) is 64.9 Å². The van der Waals surface area contributed by atoms with E-state index in [0.29, 0.717) is 92.0 Å². The number of ether oxygens (including phenoxy) is 2. The molecule has 3 aliphatic rings. The van der Waals surface area contributed by atoms with E-state index in [1.807, 2.05) is 65.2 Å². The van der Waals surface area contributed by atoms with Gasteiger partial charge in [0.2, 0.25) is 0 Å². The summed E-state index contributed by atoms with van der Waals surface area (Å²) in [4.78, 5) is 69.7. The smallest absolute Gasteiger partial charge is 0.325 e. The Hall–Kier alpha value is -12.2. The van der Waals surface area contributed by atoms with Gasteiger partial charge in [-0.25, -0.2) is 57.1 Å². The zero-order valence-corrected chi connectivity index (χ0v) is 60.8. The quantitative estimate of drug-likeness (QED) is 0.0293. The number of hydrogen-bond donors (Lipinski definition) is 7. The highest BCUT2D eigenvalue weighted by Crippen LogP contribution is 2.34. The number of nitrogens with zero attached hydrogens (tertiary/aromatic N) is 15. The molecule has 0 unspecified atom stereocenters. The number of hydrogen-bond acceptors (Lipinski definition) is 23. The van der Waals surface area contributed by atoms with E-state index < -0.39 is 23.4 Å². The van der Waals surface area contributed by atoms with Gasteiger partial charge in [-0.2, -0.15) is 15.3 Å². The number of nitrogens with two attached hydrogens (primary N) is 1. The maximum atomic E-state index is 14.8. The molecule has 0 amide bonds. The lowest BCUT2D eigenvalue weighted by Gasteiger charge is -2.37. The molecule has 30 heteroatoms. The van der Waals surface area contributed by atoms with Gasteiger partial charge in [-0.15, -0.1) is 0 Å². The van der Waals surface area contributed by atoms with E-state index in [1.54, 1.807) is 143 Å². The first-order valence-electron chi connectivity index (χ1n) is 36.3. The molecule has 9 aromatic heterocycles. The van der Waals surface area contributed by atoms with Gasteiger partial charge in [-0.1, -0.05) is 14.9 Å². The molecule has 111 heavy (non-hydrogen) atoms. The van der Waals surface area contributed by atoms with Crippen LogP contribution in [0.4, 0.5) is 65.1 Å². The number of halogens is 3. The summed E-state index contributed by atoms with van der Waals surface area (Å²) in [7, 11) is 6.73. The van der Waals surface area contributed by atoms with Crippen LogP contribution in [0.15, 0.2) is 183 Å². The molecule has 9 heterocycles. The van der Waals surface area contributed by atoms with Crippen LogP contribution in [0.5, 0.6) is 0 Å². The van der Waals surface area contributed by atoms with E-state index in [-0.39, 0.29) is 76.3 Å². The van der Waals surface area contributed by atoms with Gasteiger partial charge in [0, 0.05) is 145 Å². The number of methoxy groups -OCH3 is 2. The molecule has 3 saturated carbocycles. The number of carboxylic acid groups (broad SMARTS) is 1. The molecular weight excluding hydrogens is 1420 g/mol. The Kier molecular flexibility index (Phi) is 26.8. The van der Waals surface area contributed by atoms with E-state index in [9.17, 15) is 32.7 Å². The molecule has 12 aromatic rings. The first-order chi connectivity index (χ1) is 53.0. The van der Waals surface area contributed by atoms with Crippen molar-refractivity contribution >= 4 is 103 Å². The Morgan fingerprint density at radius 2 is 0.775 bits per heavy atom. The summed E-state index contributed by atoms with van der Waals surface area (Å²) in [6.07, 6.45) is 26.6. The number of carbonyl (C=O) groups is 3. The molecule has 0 radical (unpaired) electrons. The number of aromatic nitrogens is 12. The number of esters is 2. The van der Waals surface area contributed by atoms with Crippen LogP contribution in [0, 0.1) is 17.5 Å². The minimum atomic E-state index is -0.890. The number of pyridine rings is 6. The molecule has 0 atom stereocenters. The molecule has 0 spiro atoms. The predicted molar refractivity (Wildman–Crippen MR) is 427 cm³/mol. The highest BCUT2D eigenvalue weighted by Gasteiger charge is 2.31. The SMILES string of the molecule is C.C.CNC1CCC(N(CC(=O)O)c2ccc3cnc(Nc4ccc(-n5cccn5)cc4F)cc3n2)CC1.CNC1CCC(N(CC(=O)OC)c2ccc3cnc(Nc4ccc(-n5cccn5)cc4F)cc3n2)CC1.COC(=O)CN(c1ccc2cnc(Nc3ccc(-n4cccn4)cc3F)cc2n1)C1CCC(N)CC1. The standard InChI is InChI=1S/C27H30FN7O2.2C26H28FN7O2.2CH4/c1-29-19-5-7-20(8-6-19)34(17-27(36)37-2)26-11-4-18-16-30-25(15-24(18)33-26)32-23-10-9-21(14-22(23)28)35-13-3-12-31-35;1-36-26(35)16-33(19-6-4-18(28)5-7-19)25-10-3-17-15-29-24(14-23(17)32-25)31-22-9-8-20(13-21(22)27)34-12-2-11-30-34;1-28-18-4-6-19(7-5-18)33(16-26(35)36)25-10-3-17-15-29-24(14-23(17)32-25)31-22-9-8-20(13-21(22)27)34-12-2-11-30-34;;/h3-4,9-16,19-20,29H,5-8,17H2,1-2H3,(H,30,32);2-3,8-15,18-19H,4-7,16,28H2,1H3,(H,29,31);2-3,8-15,18-19,28H,4-7,16H2,1H3,(H,29,31)(H,35,36);2*1H4. The molecule has 27 nitrogen and oxygen atoms in total. The van der Waals surface area contributed by atoms with Crippen LogP contribution in [-0.4, -0.2) is 166 Å². The minimum Gasteiger partial charge on any atom is -0.480 e. The molecule has 0 bridgehead atoms. The summed E-state index contributed by atoms with van der Waals surface area (Å²) in [5.41, 5.74) is 10.8. The van der Waals surface area contributed by atoms with Crippen molar-refractivity contribution in [2.75, 3.05) is 78.6 Å². The average Bonchev–Trinajstić information content (AvgIpc) is 1.48. The molecule has 0 aliphatic heterocycles. The van der Waals surface area contributed by atoms with Crippen molar-refractivity contribution in [1.29, 1.82) is 0 Å². The van der Waals surface area contributed by atoms with Crippen molar-refractivity contribution in [2.45, 2.75) is 128 Å². The minimum absolute atomic E-state index is 0. The maximum absolute atomic E-state index is 14.8. The molecule has 580 valence electrons. The highest BCUT2D eigenvalue weighted by molar-refractivity contribution is 5.86. The van der Waals surface area contributed by atoms with E-state index in [1.165, 1.54) is 32.4 Å². The fourth-order valence-electron chi connectivity index (χ4n) is 14.1. The van der Waals surface area contributed by atoms with Gasteiger partial charge in [0.25, 0.3) is 0 Å². The summed E-state index contributed by atoms with van der Waals surface area (Å²) in [6.45, 7) is 0.129. The Labute approximate surface area is 641 Å². The third-order valence-corrected chi connectivity index (χ3v) is 20.1. The monoisotopic (exact) mass is 1510 g/mol. The van der Waals surface area contributed by atoms with Gasteiger partial charge in [0.1, 0.15) is 72.0 Å². The third-order valence-electron chi connectivity index (χ3n) is 20.1. The number of nitrogens with one attached hydrogen (secondary N) is 5. The van der Waals surface area contributed by atoms with Gasteiger partial charge in [0.15, 0.2) is 0 Å². The van der Waals surface area contributed by atoms with E-state index in [0.717, 1.165) is 93.2 Å². The Balaban J connectivity index is 0.000000163. The molecule has 3 aromatic carbocycles. The van der Waals surface area contributed by atoms with Gasteiger partial charge in [-0.3, -0.25) is 14.4 Å². The lowest BCUT2D eigenvalue weighted by atomic mass is 9.90. The van der Waals surface area contributed by atoms with E-state index in [2.05, 4.69) is 56.8 Å². The number of fused-ring (bicyclic) bond motifs is 3. The van der Waals surface area contributed by atoms with Gasteiger partial charge in [-0.05, 0) is 182 Å². The van der Waals surface area contributed by atoms with E-state index >= 15 is 0 Å². The van der Waals surface area contributed by atoms with Gasteiger partial charge >= 0.3 is 17.9 Å². The lowest BCUT2D eigenvalue weighted by molar-refractivity contribution is -0.140. The zero-order valence-electron chi connectivity index (χ0n) is 60.8. The summed E-state index contributed by atoms with van der Waals surface area (Å²) >= 11 is 0.